The zero-order valence-corrected chi connectivity index (χ0v) is 15.0. The van der Waals surface area contributed by atoms with E-state index in [2.05, 4.69) is 23.5 Å². The minimum Gasteiger partial charge on any atom is -0.502 e. The summed E-state index contributed by atoms with van der Waals surface area (Å²) in [7, 11) is 0. The van der Waals surface area contributed by atoms with Crippen molar-refractivity contribution in [1.29, 1.82) is 0 Å². The van der Waals surface area contributed by atoms with Gasteiger partial charge in [0.1, 0.15) is 0 Å². The number of aromatic hydroxyl groups is 1. The normalized spacial score (nSPS) is 13.6. The Kier molecular flexibility index (Phi) is 3.74. The molecule has 6 nitrogen and oxygen atoms in total. The number of phenolic OH excluding ortho intramolecular Hbond substituents is 1. The molecule has 5 rings (SSSR count). The van der Waals surface area contributed by atoms with E-state index in [0.717, 1.165) is 35.1 Å². The van der Waals surface area contributed by atoms with Crippen molar-refractivity contribution in [2.75, 3.05) is 6.54 Å². The summed E-state index contributed by atoms with van der Waals surface area (Å²) in [6.07, 6.45) is 0.871. The van der Waals surface area contributed by atoms with Crippen LogP contribution in [0.5, 0.6) is 5.75 Å². The lowest BCUT2D eigenvalue weighted by atomic mass is 9.90. The molecule has 0 atom stereocenters. The first kappa shape index (κ1) is 16.6. The predicted octanol–water partition coefficient (Wildman–Crippen LogP) is 4.31. The zero-order chi connectivity index (χ0) is 19.3. The first-order valence-electron chi connectivity index (χ1n) is 9.15. The summed E-state index contributed by atoms with van der Waals surface area (Å²) in [6, 6.07) is 16.8. The van der Waals surface area contributed by atoms with Gasteiger partial charge in [-0.2, -0.15) is 0 Å². The average Bonchev–Trinajstić information content (AvgIpc) is 2.73. The second kappa shape index (κ2) is 6.28. The van der Waals surface area contributed by atoms with Crippen LogP contribution in [0.1, 0.15) is 11.1 Å². The van der Waals surface area contributed by atoms with Crippen molar-refractivity contribution in [2.45, 2.75) is 13.0 Å². The molecule has 2 N–H and O–H groups in total. The summed E-state index contributed by atoms with van der Waals surface area (Å²) in [4.78, 5) is 15.6. The Morgan fingerprint density at radius 3 is 2.79 bits per heavy atom. The number of aromatic nitrogens is 1. The fraction of sp³-hybridized carbons (Fsp3) is 0.136. The molecule has 2 heterocycles. The number of rotatable bonds is 2. The van der Waals surface area contributed by atoms with Crippen molar-refractivity contribution in [2.24, 2.45) is 0 Å². The van der Waals surface area contributed by atoms with E-state index in [1.807, 2.05) is 18.2 Å². The van der Waals surface area contributed by atoms with Crippen molar-refractivity contribution < 1.29 is 10.0 Å². The van der Waals surface area contributed by atoms with E-state index < -0.39 is 4.92 Å². The highest BCUT2D eigenvalue weighted by Crippen LogP contribution is 2.38. The third-order valence-electron chi connectivity index (χ3n) is 5.39. The van der Waals surface area contributed by atoms with Gasteiger partial charge in [-0.15, -0.1) is 0 Å². The highest BCUT2D eigenvalue weighted by Gasteiger charge is 2.22. The van der Waals surface area contributed by atoms with Crippen LogP contribution in [0.3, 0.4) is 0 Å². The molecule has 4 aromatic rings. The first-order chi connectivity index (χ1) is 13.6. The molecule has 1 aliphatic rings. The summed E-state index contributed by atoms with van der Waals surface area (Å²) in [5.74, 6) is -0.340. The van der Waals surface area contributed by atoms with Crippen LogP contribution >= 0.6 is 0 Å². The number of hydrogen-bond acceptors (Lipinski definition) is 5. The third kappa shape index (κ3) is 2.50. The number of phenols is 1. The first-order valence-corrected chi connectivity index (χ1v) is 9.15. The molecule has 0 aliphatic carbocycles. The minimum absolute atomic E-state index is 0.310. The summed E-state index contributed by atoms with van der Waals surface area (Å²) in [5.41, 5.74) is 4.24. The largest absolute Gasteiger partial charge is 0.502 e. The Morgan fingerprint density at radius 1 is 1.07 bits per heavy atom. The van der Waals surface area contributed by atoms with Crippen LogP contribution < -0.4 is 5.32 Å². The van der Waals surface area contributed by atoms with E-state index in [1.54, 1.807) is 6.07 Å². The van der Waals surface area contributed by atoms with Gasteiger partial charge in [0.25, 0.3) is 0 Å². The highest BCUT2D eigenvalue weighted by molar-refractivity contribution is 6.09. The molecular formula is C22H17N3O3. The van der Waals surface area contributed by atoms with Crippen LogP contribution in [-0.4, -0.2) is 21.6 Å². The molecule has 0 fully saturated rings. The van der Waals surface area contributed by atoms with Gasteiger partial charge in [0.15, 0.2) is 5.75 Å². The van der Waals surface area contributed by atoms with Crippen molar-refractivity contribution in [3.63, 3.8) is 0 Å². The van der Waals surface area contributed by atoms with Crippen LogP contribution in [0.15, 0.2) is 54.6 Å². The second-order valence-electron chi connectivity index (χ2n) is 6.99. The fourth-order valence-corrected chi connectivity index (χ4v) is 4.10. The number of fused-ring (bicyclic) bond motifs is 5. The van der Waals surface area contributed by atoms with Crippen LogP contribution in [0.25, 0.3) is 32.9 Å². The van der Waals surface area contributed by atoms with E-state index in [0.29, 0.717) is 12.1 Å². The van der Waals surface area contributed by atoms with Gasteiger partial charge in [0.2, 0.25) is 0 Å². The van der Waals surface area contributed by atoms with E-state index in [1.165, 1.54) is 28.5 Å². The summed E-state index contributed by atoms with van der Waals surface area (Å²) in [6.45, 7) is 1.54. The number of nitro benzene ring substituents is 1. The van der Waals surface area contributed by atoms with E-state index in [-0.39, 0.29) is 11.4 Å². The van der Waals surface area contributed by atoms with Gasteiger partial charge in [0, 0.05) is 23.6 Å². The Balaban J connectivity index is 1.85. The Bertz CT molecular complexity index is 1270. The number of hydrogen-bond donors (Lipinski definition) is 2. The summed E-state index contributed by atoms with van der Waals surface area (Å²) >= 11 is 0. The maximum Gasteiger partial charge on any atom is 0.311 e. The molecule has 0 unspecified atom stereocenters. The quantitative estimate of drug-likeness (QED) is 0.311. The zero-order valence-electron chi connectivity index (χ0n) is 15.0. The lowest BCUT2D eigenvalue weighted by Crippen LogP contribution is -2.25. The smallest absolute Gasteiger partial charge is 0.311 e. The van der Waals surface area contributed by atoms with Gasteiger partial charge in [-0.1, -0.05) is 30.3 Å². The van der Waals surface area contributed by atoms with Gasteiger partial charge in [0.05, 0.1) is 16.1 Å². The van der Waals surface area contributed by atoms with E-state index in [9.17, 15) is 15.2 Å². The molecule has 0 bridgehead atoms. The summed E-state index contributed by atoms with van der Waals surface area (Å²) < 4.78 is 0. The van der Waals surface area contributed by atoms with Crippen LogP contribution in [-0.2, 0) is 13.0 Å². The molecule has 0 amide bonds. The number of benzene rings is 3. The molecule has 0 saturated carbocycles. The maximum absolute atomic E-state index is 11.3. The Labute approximate surface area is 160 Å². The molecule has 0 saturated heterocycles. The molecule has 28 heavy (non-hydrogen) atoms. The standard InChI is InChI=1S/C22H17N3O3/c26-20-8-6-14(11-19(20)25(27)28)22-17-12-23-10-9-16(17)21-15-4-2-1-3-13(15)5-7-18(21)24-22/h1-8,11,23,26H,9-10,12H2. The third-order valence-corrected chi connectivity index (χ3v) is 5.39. The average molecular weight is 371 g/mol. The fourth-order valence-electron chi connectivity index (χ4n) is 4.10. The molecule has 3 aromatic carbocycles. The SMILES string of the molecule is O=[N+]([O-])c1cc(-c2nc3ccc4ccccc4c3c3c2CNCC3)ccc1O. The molecule has 0 radical (unpaired) electrons. The Hall–Kier alpha value is -3.51. The number of nitrogens with zero attached hydrogens (tertiary/aromatic N) is 2. The summed E-state index contributed by atoms with van der Waals surface area (Å²) in [5, 5.41) is 28.0. The van der Waals surface area contributed by atoms with Gasteiger partial charge < -0.3 is 10.4 Å². The van der Waals surface area contributed by atoms with Crippen molar-refractivity contribution in [1.82, 2.24) is 10.3 Å². The van der Waals surface area contributed by atoms with Crippen LogP contribution in [0, 0.1) is 10.1 Å². The lowest BCUT2D eigenvalue weighted by molar-refractivity contribution is -0.385. The second-order valence-corrected chi connectivity index (χ2v) is 6.99. The van der Waals surface area contributed by atoms with Gasteiger partial charge in [-0.25, -0.2) is 4.98 Å². The van der Waals surface area contributed by atoms with Crippen LogP contribution in [0.2, 0.25) is 0 Å². The van der Waals surface area contributed by atoms with E-state index in [4.69, 9.17) is 4.98 Å². The minimum atomic E-state index is -0.571. The number of nitrogens with one attached hydrogen (secondary N) is 1. The lowest BCUT2D eigenvalue weighted by Gasteiger charge is -2.23. The van der Waals surface area contributed by atoms with Crippen LogP contribution in [0.4, 0.5) is 5.69 Å². The maximum atomic E-state index is 11.3. The number of pyridine rings is 1. The predicted molar refractivity (Wildman–Crippen MR) is 108 cm³/mol. The Morgan fingerprint density at radius 2 is 1.93 bits per heavy atom. The number of nitro groups is 1. The monoisotopic (exact) mass is 371 g/mol. The van der Waals surface area contributed by atoms with Gasteiger partial charge in [-0.3, -0.25) is 10.1 Å². The van der Waals surface area contributed by atoms with Crippen molar-refractivity contribution in [3.05, 3.63) is 75.8 Å². The van der Waals surface area contributed by atoms with Crippen molar-refractivity contribution >= 4 is 27.4 Å². The topological polar surface area (TPSA) is 88.3 Å². The molecule has 1 aromatic heterocycles. The molecule has 0 spiro atoms. The molecule has 138 valence electrons. The van der Waals surface area contributed by atoms with Gasteiger partial charge >= 0.3 is 5.69 Å². The van der Waals surface area contributed by atoms with Gasteiger partial charge in [-0.05, 0) is 53.1 Å². The molecule has 6 heteroatoms. The van der Waals surface area contributed by atoms with E-state index >= 15 is 0 Å². The highest BCUT2D eigenvalue weighted by atomic mass is 16.6. The molecular weight excluding hydrogens is 354 g/mol. The molecule has 1 aliphatic heterocycles. The van der Waals surface area contributed by atoms with Crippen molar-refractivity contribution in [3.8, 4) is 17.0 Å².